The van der Waals surface area contributed by atoms with E-state index in [0.29, 0.717) is 5.56 Å². The fourth-order valence-corrected chi connectivity index (χ4v) is 12.6. The molecule has 9 aromatic carbocycles. The van der Waals surface area contributed by atoms with Gasteiger partial charge < -0.3 is 18.4 Å². The Balaban J connectivity index is 0.864. The van der Waals surface area contributed by atoms with Gasteiger partial charge in [-0.15, -0.1) is 0 Å². The molecule has 14 aromatic rings. The molecule has 1 spiro atoms. The highest BCUT2D eigenvalue weighted by molar-refractivity contribution is 6.12. The number of fused-ring (bicyclic) bond motifs is 18. The second kappa shape index (κ2) is 14.8. The first kappa shape index (κ1) is 39.8. The minimum absolute atomic E-state index is 0.627. The van der Waals surface area contributed by atoms with Crippen molar-refractivity contribution >= 4 is 65.4 Å². The summed E-state index contributed by atoms with van der Waals surface area (Å²) >= 11 is 0. The molecule has 0 fully saturated rings. The Hall–Kier alpha value is -10.0. The molecule has 1 unspecified atom stereocenters. The number of hydrogen-bond acceptors (Lipinski definition) is 4. The van der Waals surface area contributed by atoms with Crippen LogP contribution >= 0.6 is 0 Å². The Morgan fingerprint density at radius 2 is 0.890 bits per heavy atom. The number of nitriles is 1. The molecule has 0 amide bonds. The van der Waals surface area contributed by atoms with E-state index in [2.05, 4.69) is 208 Å². The SMILES string of the molecule is N#Cc1ccc2c(c1)c1ccccc1n2-c1cnc2c(c1)C1(c3ccccc3Oc3cc(-c4ccc5c(c4)c4ccccc4n5-c4cccc(-n5c6ccccc6c6ccccc65)c4)ccc31)c1cccnc1-2. The lowest BCUT2D eigenvalue weighted by molar-refractivity contribution is 0.436. The van der Waals surface area contributed by atoms with Crippen LogP contribution in [0, 0.1) is 11.3 Å². The fourth-order valence-electron chi connectivity index (χ4n) is 12.6. The summed E-state index contributed by atoms with van der Waals surface area (Å²) in [5.74, 6) is 1.58. The summed E-state index contributed by atoms with van der Waals surface area (Å²) in [4.78, 5) is 10.4. The van der Waals surface area contributed by atoms with E-state index in [4.69, 9.17) is 14.7 Å². The molecular formula is C66H38N6O. The van der Waals surface area contributed by atoms with E-state index in [-0.39, 0.29) is 0 Å². The summed E-state index contributed by atoms with van der Waals surface area (Å²) in [5.41, 5.74) is 17.7. The summed E-state index contributed by atoms with van der Waals surface area (Å²) in [6.07, 6.45) is 3.83. The second-order valence-electron chi connectivity index (χ2n) is 19.2. The van der Waals surface area contributed by atoms with E-state index in [0.717, 1.165) is 106 Å². The van der Waals surface area contributed by atoms with Crippen LogP contribution in [-0.2, 0) is 5.41 Å². The van der Waals surface area contributed by atoms with Gasteiger partial charge in [0, 0.05) is 66.6 Å². The van der Waals surface area contributed by atoms with Gasteiger partial charge >= 0.3 is 0 Å². The number of para-hydroxylation sites is 5. The zero-order valence-corrected chi connectivity index (χ0v) is 39.0. The van der Waals surface area contributed by atoms with E-state index in [1.807, 2.05) is 42.7 Å². The molecule has 0 saturated carbocycles. The Bertz CT molecular complexity index is 4700. The number of hydrogen-bond donors (Lipinski definition) is 0. The van der Waals surface area contributed by atoms with Gasteiger partial charge in [0.15, 0.2) is 0 Å². The normalized spacial score (nSPS) is 14.5. The molecule has 1 aliphatic heterocycles. The third-order valence-corrected chi connectivity index (χ3v) is 15.6. The van der Waals surface area contributed by atoms with Gasteiger partial charge in [-0.3, -0.25) is 9.97 Å². The topological polar surface area (TPSA) is 73.6 Å². The molecule has 0 saturated heterocycles. The monoisotopic (exact) mass is 930 g/mol. The van der Waals surface area contributed by atoms with Crippen LogP contribution in [0.4, 0.5) is 0 Å². The second-order valence-corrected chi connectivity index (χ2v) is 19.2. The maximum atomic E-state index is 9.88. The lowest BCUT2D eigenvalue weighted by Gasteiger charge is -2.39. The maximum Gasteiger partial charge on any atom is 0.132 e. The molecule has 338 valence electrons. The van der Waals surface area contributed by atoms with Gasteiger partial charge in [0.2, 0.25) is 0 Å². The average molecular weight is 931 g/mol. The molecule has 5 aromatic heterocycles. The molecule has 2 aliphatic rings. The minimum Gasteiger partial charge on any atom is -0.457 e. The summed E-state index contributed by atoms with van der Waals surface area (Å²) in [6.45, 7) is 0. The molecule has 16 rings (SSSR count). The summed E-state index contributed by atoms with van der Waals surface area (Å²) in [5, 5.41) is 16.8. The van der Waals surface area contributed by atoms with E-state index in [1.54, 1.807) is 0 Å². The highest BCUT2D eigenvalue weighted by Crippen LogP contribution is 2.62. The van der Waals surface area contributed by atoms with Crippen molar-refractivity contribution in [1.82, 2.24) is 23.7 Å². The molecule has 1 aliphatic carbocycles. The molecular weight excluding hydrogens is 893 g/mol. The first-order valence-electron chi connectivity index (χ1n) is 24.6. The number of ether oxygens (including phenoxy) is 1. The van der Waals surface area contributed by atoms with Crippen LogP contribution in [0.15, 0.2) is 231 Å². The molecule has 7 heteroatoms. The molecule has 0 radical (unpaired) electrons. The van der Waals surface area contributed by atoms with Gasteiger partial charge in [-0.2, -0.15) is 5.26 Å². The van der Waals surface area contributed by atoms with E-state index < -0.39 is 5.41 Å². The predicted octanol–water partition coefficient (Wildman–Crippen LogP) is 15.8. The van der Waals surface area contributed by atoms with Crippen molar-refractivity contribution in [2.45, 2.75) is 5.41 Å². The fraction of sp³-hybridized carbons (Fsp3) is 0.0152. The molecule has 1 atom stereocenters. The van der Waals surface area contributed by atoms with Crippen molar-refractivity contribution in [1.29, 1.82) is 5.26 Å². The molecule has 0 N–H and O–H groups in total. The Kier molecular flexibility index (Phi) is 8.04. The minimum atomic E-state index is -0.789. The smallest absolute Gasteiger partial charge is 0.132 e. The van der Waals surface area contributed by atoms with Gasteiger partial charge in [-0.1, -0.05) is 121 Å². The van der Waals surface area contributed by atoms with Gasteiger partial charge in [0.05, 0.1) is 73.4 Å². The number of rotatable bonds is 4. The maximum absolute atomic E-state index is 9.88. The molecule has 7 nitrogen and oxygen atoms in total. The number of benzene rings is 9. The van der Waals surface area contributed by atoms with Crippen molar-refractivity contribution < 1.29 is 4.74 Å². The quantitative estimate of drug-likeness (QED) is 0.176. The van der Waals surface area contributed by atoms with Crippen molar-refractivity contribution in [3.05, 3.63) is 259 Å². The van der Waals surface area contributed by atoms with Crippen LogP contribution in [0.1, 0.15) is 27.8 Å². The van der Waals surface area contributed by atoms with Crippen LogP contribution in [0.2, 0.25) is 0 Å². The highest BCUT2D eigenvalue weighted by atomic mass is 16.5. The van der Waals surface area contributed by atoms with Crippen LogP contribution in [0.5, 0.6) is 11.5 Å². The summed E-state index contributed by atoms with van der Waals surface area (Å²) < 4.78 is 14.1. The highest BCUT2D eigenvalue weighted by Gasteiger charge is 2.52. The number of aromatic nitrogens is 5. The van der Waals surface area contributed by atoms with Crippen LogP contribution in [0.25, 0.3) is 105 Å². The number of nitrogens with zero attached hydrogens (tertiary/aromatic N) is 6. The zero-order chi connectivity index (χ0) is 47.9. The predicted molar refractivity (Wildman–Crippen MR) is 293 cm³/mol. The van der Waals surface area contributed by atoms with Crippen LogP contribution in [0.3, 0.4) is 0 Å². The summed E-state index contributed by atoms with van der Waals surface area (Å²) in [6, 6.07) is 80.2. The standard InChI is InChI=1S/C66H38N6O/c67-38-40-26-30-60-50(33-40)48-17-3-9-24-59(48)72(60)45-37-55-65(69-39-45)64-54(20-12-32-68-64)66(55)52-19-5-10-25-62(52)73-63-35-42(27-29-53(63)66)41-28-31-61-51(34-41)49-18-4-8-23-58(49)71(61)44-14-11-13-43(36-44)70-56-21-6-1-15-46(56)47-16-2-7-22-57(47)70/h1-37,39H. The summed E-state index contributed by atoms with van der Waals surface area (Å²) in [7, 11) is 0. The van der Waals surface area contributed by atoms with Crippen LogP contribution < -0.4 is 4.74 Å². The third kappa shape index (κ3) is 5.36. The lowest BCUT2D eigenvalue weighted by atomic mass is 9.66. The van der Waals surface area contributed by atoms with E-state index >= 15 is 0 Å². The van der Waals surface area contributed by atoms with Crippen molar-refractivity contribution in [2.75, 3.05) is 0 Å². The van der Waals surface area contributed by atoms with Gasteiger partial charge in [-0.25, -0.2) is 0 Å². The largest absolute Gasteiger partial charge is 0.457 e. The van der Waals surface area contributed by atoms with Gasteiger partial charge in [-0.05, 0) is 114 Å². The zero-order valence-electron chi connectivity index (χ0n) is 39.0. The van der Waals surface area contributed by atoms with Gasteiger partial charge in [0.25, 0.3) is 0 Å². The molecule has 6 heterocycles. The van der Waals surface area contributed by atoms with Crippen LogP contribution in [-0.4, -0.2) is 23.7 Å². The van der Waals surface area contributed by atoms with Gasteiger partial charge in [0.1, 0.15) is 11.5 Å². The van der Waals surface area contributed by atoms with E-state index in [9.17, 15) is 5.26 Å². The van der Waals surface area contributed by atoms with Crippen molar-refractivity contribution in [3.8, 4) is 57.1 Å². The van der Waals surface area contributed by atoms with E-state index in [1.165, 1.54) is 32.6 Å². The molecule has 0 bridgehead atoms. The lowest BCUT2D eigenvalue weighted by Crippen LogP contribution is -2.32. The number of pyridine rings is 2. The third-order valence-electron chi connectivity index (χ3n) is 15.6. The Morgan fingerprint density at radius 3 is 1.58 bits per heavy atom. The van der Waals surface area contributed by atoms with Crippen molar-refractivity contribution in [3.63, 3.8) is 0 Å². The Labute approximate surface area is 418 Å². The van der Waals surface area contributed by atoms with Crippen molar-refractivity contribution in [2.24, 2.45) is 0 Å². The average Bonchev–Trinajstić information content (AvgIpc) is 4.17. The first-order valence-corrected chi connectivity index (χ1v) is 24.6. The molecule has 73 heavy (non-hydrogen) atoms. The Morgan fingerprint density at radius 1 is 0.370 bits per heavy atom. The first-order chi connectivity index (χ1) is 36.2.